The molecule has 0 aliphatic rings. The number of fused-ring (bicyclic) bond motifs is 1. The molecule has 2 rings (SSSR count). The predicted octanol–water partition coefficient (Wildman–Crippen LogP) is 3.72. The lowest BCUT2D eigenvalue weighted by atomic mass is 10.2. The van der Waals surface area contributed by atoms with Crippen molar-refractivity contribution < 1.29 is 0 Å². The van der Waals surface area contributed by atoms with E-state index in [0.717, 1.165) is 19.4 Å². The average molecular weight is 356 g/mol. The van der Waals surface area contributed by atoms with Gasteiger partial charge in [0.15, 0.2) is 5.96 Å². The van der Waals surface area contributed by atoms with Gasteiger partial charge >= 0.3 is 0 Å². The number of hydrogen-bond acceptors (Lipinski definition) is 2. The van der Waals surface area contributed by atoms with Crippen LogP contribution in [0.5, 0.6) is 0 Å². The Bertz CT molecular complexity index is 532. The third-order valence-electron chi connectivity index (χ3n) is 3.12. The van der Waals surface area contributed by atoms with E-state index in [9.17, 15) is 0 Å². The van der Waals surface area contributed by atoms with Crippen molar-refractivity contribution in [1.82, 2.24) is 5.32 Å². The molecule has 1 unspecified atom stereocenters. The van der Waals surface area contributed by atoms with Gasteiger partial charge in [-0.1, -0.05) is 25.1 Å². The van der Waals surface area contributed by atoms with Crippen molar-refractivity contribution in [2.75, 3.05) is 6.54 Å². The van der Waals surface area contributed by atoms with Crippen LogP contribution in [0.2, 0.25) is 0 Å². The Kier molecular flexibility index (Phi) is 7.02. The maximum absolute atomic E-state index is 5.83. The number of aliphatic imine (C=N–C) groups is 1. The molecule has 0 bridgehead atoms. The number of halogens is 1. The SMILES string of the molecule is Br.CCC(C)NC(N)=NCCc1cc2ccccc2s1. The van der Waals surface area contributed by atoms with E-state index in [-0.39, 0.29) is 17.0 Å². The third kappa shape index (κ3) is 4.80. The molecule has 1 aromatic heterocycles. The number of nitrogens with zero attached hydrogens (tertiary/aromatic N) is 1. The summed E-state index contributed by atoms with van der Waals surface area (Å²) in [6.45, 7) is 4.97. The Labute approximate surface area is 135 Å². The first-order valence-corrected chi connectivity index (χ1v) is 7.54. The second-order valence-corrected chi connectivity index (χ2v) is 5.89. The summed E-state index contributed by atoms with van der Waals surface area (Å²) in [7, 11) is 0. The summed E-state index contributed by atoms with van der Waals surface area (Å²) in [5.74, 6) is 0.551. The van der Waals surface area contributed by atoms with Gasteiger partial charge in [-0.15, -0.1) is 28.3 Å². The Morgan fingerprint density at radius 3 is 2.85 bits per heavy atom. The third-order valence-corrected chi connectivity index (χ3v) is 4.30. The zero-order chi connectivity index (χ0) is 13.7. The largest absolute Gasteiger partial charge is 0.370 e. The van der Waals surface area contributed by atoms with Crippen molar-refractivity contribution in [3.8, 4) is 0 Å². The van der Waals surface area contributed by atoms with E-state index in [1.807, 2.05) is 11.3 Å². The second-order valence-electron chi connectivity index (χ2n) is 4.72. The van der Waals surface area contributed by atoms with Crippen LogP contribution in [0.4, 0.5) is 0 Å². The maximum atomic E-state index is 5.83. The number of nitrogens with two attached hydrogens (primary N) is 1. The number of nitrogens with one attached hydrogen (secondary N) is 1. The molecule has 0 amide bonds. The Balaban J connectivity index is 0.00000200. The number of rotatable bonds is 5. The van der Waals surface area contributed by atoms with Crippen LogP contribution < -0.4 is 11.1 Å². The molecule has 0 radical (unpaired) electrons. The highest BCUT2D eigenvalue weighted by Gasteiger charge is 2.01. The Hall–Kier alpha value is -1.07. The molecular weight excluding hydrogens is 334 g/mol. The van der Waals surface area contributed by atoms with Crippen LogP contribution >= 0.6 is 28.3 Å². The quantitative estimate of drug-likeness (QED) is 0.634. The first-order valence-electron chi connectivity index (χ1n) is 6.73. The van der Waals surface area contributed by atoms with Gasteiger partial charge in [0.1, 0.15) is 0 Å². The summed E-state index contributed by atoms with van der Waals surface area (Å²) in [6.07, 6.45) is 1.99. The number of thiophene rings is 1. The molecule has 0 fully saturated rings. The highest BCUT2D eigenvalue weighted by Crippen LogP contribution is 2.25. The number of benzene rings is 1. The monoisotopic (exact) mass is 355 g/mol. The molecule has 0 saturated heterocycles. The fourth-order valence-corrected chi connectivity index (χ4v) is 2.90. The van der Waals surface area contributed by atoms with Crippen LogP contribution in [-0.4, -0.2) is 18.5 Å². The first kappa shape index (κ1) is 17.0. The average Bonchev–Trinajstić information content (AvgIpc) is 2.81. The van der Waals surface area contributed by atoms with Crippen molar-refractivity contribution in [3.05, 3.63) is 35.2 Å². The minimum Gasteiger partial charge on any atom is -0.370 e. The Morgan fingerprint density at radius 2 is 2.15 bits per heavy atom. The zero-order valence-electron chi connectivity index (χ0n) is 11.9. The van der Waals surface area contributed by atoms with E-state index < -0.39 is 0 Å². The summed E-state index contributed by atoms with van der Waals surface area (Å²) >= 11 is 1.84. The highest BCUT2D eigenvalue weighted by atomic mass is 79.9. The molecule has 1 atom stereocenters. The van der Waals surface area contributed by atoms with Gasteiger partial charge in [-0.3, -0.25) is 4.99 Å². The Morgan fingerprint density at radius 1 is 1.40 bits per heavy atom. The van der Waals surface area contributed by atoms with E-state index in [2.05, 4.69) is 54.5 Å². The first-order chi connectivity index (χ1) is 9.19. The maximum Gasteiger partial charge on any atom is 0.188 e. The predicted molar refractivity (Wildman–Crippen MR) is 95.2 cm³/mol. The molecule has 0 spiro atoms. The second kappa shape index (κ2) is 8.27. The number of hydrogen-bond donors (Lipinski definition) is 2. The fourth-order valence-electron chi connectivity index (χ4n) is 1.85. The number of guanidine groups is 1. The van der Waals surface area contributed by atoms with Crippen LogP contribution in [0.25, 0.3) is 10.1 Å². The van der Waals surface area contributed by atoms with Crippen LogP contribution in [0.3, 0.4) is 0 Å². The topological polar surface area (TPSA) is 50.4 Å². The summed E-state index contributed by atoms with van der Waals surface area (Å²) in [5.41, 5.74) is 5.83. The van der Waals surface area contributed by atoms with E-state index in [1.165, 1.54) is 15.0 Å². The smallest absolute Gasteiger partial charge is 0.188 e. The molecule has 110 valence electrons. The van der Waals surface area contributed by atoms with Gasteiger partial charge in [0, 0.05) is 28.6 Å². The van der Waals surface area contributed by atoms with E-state index >= 15 is 0 Å². The van der Waals surface area contributed by atoms with E-state index in [0.29, 0.717) is 12.0 Å². The summed E-state index contributed by atoms with van der Waals surface area (Å²) in [5, 5.41) is 4.49. The van der Waals surface area contributed by atoms with Gasteiger partial charge in [-0.25, -0.2) is 0 Å². The summed E-state index contributed by atoms with van der Waals surface area (Å²) < 4.78 is 1.34. The minimum absolute atomic E-state index is 0. The fraction of sp³-hybridized carbons (Fsp3) is 0.400. The van der Waals surface area contributed by atoms with Crippen molar-refractivity contribution in [1.29, 1.82) is 0 Å². The van der Waals surface area contributed by atoms with E-state index in [4.69, 9.17) is 5.73 Å². The van der Waals surface area contributed by atoms with Crippen molar-refractivity contribution in [2.45, 2.75) is 32.7 Å². The highest BCUT2D eigenvalue weighted by molar-refractivity contribution is 8.93. The molecule has 5 heteroatoms. The van der Waals surface area contributed by atoms with E-state index in [1.54, 1.807) is 0 Å². The molecule has 20 heavy (non-hydrogen) atoms. The van der Waals surface area contributed by atoms with Gasteiger partial charge in [-0.05, 0) is 30.9 Å². The van der Waals surface area contributed by atoms with Gasteiger partial charge < -0.3 is 11.1 Å². The van der Waals surface area contributed by atoms with Crippen LogP contribution in [0.15, 0.2) is 35.3 Å². The molecule has 3 nitrogen and oxygen atoms in total. The van der Waals surface area contributed by atoms with Gasteiger partial charge in [0.25, 0.3) is 0 Å². The van der Waals surface area contributed by atoms with Crippen molar-refractivity contribution in [3.63, 3.8) is 0 Å². The molecular formula is C15H22BrN3S. The normalized spacial score (nSPS) is 13.0. The van der Waals surface area contributed by atoms with Crippen LogP contribution in [0, 0.1) is 0 Å². The van der Waals surface area contributed by atoms with Crippen LogP contribution in [-0.2, 0) is 6.42 Å². The lowest BCUT2D eigenvalue weighted by Crippen LogP contribution is -2.38. The molecule has 1 aromatic carbocycles. The van der Waals surface area contributed by atoms with Gasteiger partial charge in [-0.2, -0.15) is 0 Å². The molecule has 0 aliphatic heterocycles. The zero-order valence-corrected chi connectivity index (χ0v) is 14.5. The minimum atomic E-state index is 0. The molecule has 3 N–H and O–H groups in total. The standard InChI is InChI=1S/C15H21N3S.BrH/c1-3-11(2)18-15(16)17-9-8-13-10-12-6-4-5-7-14(12)19-13;/h4-7,10-11H,3,8-9H2,1-2H3,(H3,16,17,18);1H. The molecule has 0 saturated carbocycles. The van der Waals surface area contributed by atoms with Crippen LogP contribution in [0.1, 0.15) is 25.1 Å². The summed E-state index contributed by atoms with van der Waals surface area (Å²) in [4.78, 5) is 5.73. The van der Waals surface area contributed by atoms with Crippen molar-refractivity contribution in [2.24, 2.45) is 10.7 Å². The van der Waals surface area contributed by atoms with Crippen molar-refractivity contribution >= 4 is 44.4 Å². The lowest BCUT2D eigenvalue weighted by Gasteiger charge is -2.11. The molecule has 2 aromatic rings. The van der Waals surface area contributed by atoms with Gasteiger partial charge in [0.2, 0.25) is 0 Å². The van der Waals surface area contributed by atoms with Gasteiger partial charge in [0.05, 0.1) is 0 Å². The lowest BCUT2D eigenvalue weighted by molar-refractivity contribution is 0.636. The molecule has 0 aliphatic carbocycles. The molecule has 1 heterocycles. The summed E-state index contributed by atoms with van der Waals surface area (Å²) in [6, 6.07) is 11.1.